The van der Waals surface area contributed by atoms with E-state index < -0.39 is 58.0 Å². The molecule has 6 heterocycles. The largest absolute Gasteiger partial charge is 0.478 e. The van der Waals surface area contributed by atoms with Gasteiger partial charge in [0.15, 0.2) is 0 Å². The number of imidazole rings is 2. The molecule has 2 aliphatic heterocycles. The lowest BCUT2D eigenvalue weighted by Gasteiger charge is -2.30. The highest BCUT2D eigenvalue weighted by Crippen LogP contribution is 2.50. The van der Waals surface area contributed by atoms with E-state index in [4.69, 9.17) is 39.4 Å². The van der Waals surface area contributed by atoms with E-state index in [1.165, 1.54) is 60.7 Å². The number of hydrogen-bond donors (Lipinski definition) is 2. The first kappa shape index (κ1) is 62.4. The predicted molar refractivity (Wildman–Crippen MR) is 330 cm³/mol. The molecule has 2 saturated carbocycles. The van der Waals surface area contributed by atoms with Gasteiger partial charge < -0.3 is 38.3 Å². The first-order chi connectivity index (χ1) is 45.4. The van der Waals surface area contributed by atoms with Crippen LogP contribution in [0.25, 0.3) is 44.6 Å². The number of ether oxygens (including phenoxy) is 4. The third-order valence-electron chi connectivity index (χ3n) is 18.0. The first-order valence-electron chi connectivity index (χ1n) is 30.7. The number of nitrogens with zero attached hydrogens (tertiary/aromatic N) is 8. The average molecular weight is 1280 g/mol. The Kier molecular flexibility index (Phi) is 17.2. The molecule has 2 N–H and O–H groups in total. The summed E-state index contributed by atoms with van der Waals surface area (Å²) in [5.74, 6) is -4.14. The summed E-state index contributed by atoms with van der Waals surface area (Å²) in [6.07, 6.45) is 7.72. The lowest BCUT2D eigenvalue weighted by molar-refractivity contribution is -0.0279. The zero-order valence-electron chi connectivity index (χ0n) is 50.4. The molecule has 4 aromatic heterocycles. The van der Waals surface area contributed by atoms with Gasteiger partial charge in [0.1, 0.15) is 59.8 Å². The van der Waals surface area contributed by atoms with Gasteiger partial charge in [0.2, 0.25) is 11.8 Å². The van der Waals surface area contributed by atoms with Crippen LogP contribution in [0.2, 0.25) is 0 Å². The van der Waals surface area contributed by atoms with E-state index in [0.29, 0.717) is 71.9 Å². The number of aromatic carboxylic acids is 2. The van der Waals surface area contributed by atoms with Gasteiger partial charge in [-0.3, -0.25) is 0 Å². The topological polar surface area (TPSA) is 221 Å². The smallest absolute Gasteiger partial charge is 0.335 e. The Balaban J connectivity index is 0.000000171. The highest BCUT2D eigenvalue weighted by atomic mass is 19.1. The van der Waals surface area contributed by atoms with E-state index in [9.17, 15) is 28.6 Å². The highest BCUT2D eigenvalue weighted by Gasteiger charge is 2.50. The van der Waals surface area contributed by atoms with Gasteiger partial charge in [-0.05, 0) is 171 Å². The molecule has 6 aromatic carbocycles. The van der Waals surface area contributed by atoms with E-state index in [1.807, 2.05) is 21.3 Å². The summed E-state index contributed by atoms with van der Waals surface area (Å²) < 4.78 is 119. The van der Waals surface area contributed by atoms with Gasteiger partial charge in [-0.2, -0.15) is 10.5 Å². The van der Waals surface area contributed by atoms with Crippen LogP contribution in [-0.4, -0.2) is 75.6 Å². The molecule has 2 saturated heterocycles. The third-order valence-corrected chi connectivity index (χ3v) is 18.0. The van der Waals surface area contributed by atoms with Gasteiger partial charge >= 0.3 is 11.9 Å². The predicted octanol–water partition coefficient (Wildman–Crippen LogP) is 14.4. The summed E-state index contributed by atoms with van der Waals surface area (Å²) in [5, 5.41) is 37.2. The number of carboxylic acid groups (broad SMARTS) is 2. The lowest BCUT2D eigenvalue weighted by atomic mass is 9.93. The zero-order chi connectivity index (χ0) is 65.4. The van der Waals surface area contributed by atoms with Crippen LogP contribution in [0.5, 0.6) is 11.8 Å². The minimum Gasteiger partial charge on any atom is -0.478 e. The quantitative estimate of drug-likeness (QED) is 0.0678. The van der Waals surface area contributed by atoms with Crippen molar-refractivity contribution >= 4 is 34.0 Å². The Labute approximate surface area is 534 Å². The number of aromatic nitrogens is 6. The first-order valence-corrected chi connectivity index (χ1v) is 30.7. The molecular weight excluding hydrogens is 1220 g/mol. The van der Waals surface area contributed by atoms with Crippen molar-refractivity contribution in [2.24, 2.45) is 11.8 Å². The molecular formula is C72H58F6N8O8. The summed E-state index contributed by atoms with van der Waals surface area (Å²) in [4.78, 5) is 41.7. The number of hydrogen-bond acceptors (Lipinski definition) is 12. The average Bonchev–Trinajstić information content (AvgIpc) is 1.59. The fraction of sp³-hybridized carbons (Fsp3) is 0.278. The number of fused-ring (bicyclic) bond motifs is 2. The molecule has 94 heavy (non-hydrogen) atoms. The van der Waals surface area contributed by atoms with E-state index in [1.54, 1.807) is 36.4 Å². The van der Waals surface area contributed by atoms with Crippen molar-refractivity contribution in [1.29, 1.82) is 10.5 Å². The highest BCUT2D eigenvalue weighted by molar-refractivity contribution is 5.93. The number of carboxylic acids is 2. The second-order valence-corrected chi connectivity index (χ2v) is 24.2. The molecule has 14 rings (SSSR count). The van der Waals surface area contributed by atoms with Crippen molar-refractivity contribution in [1.82, 2.24) is 29.1 Å². The summed E-state index contributed by atoms with van der Waals surface area (Å²) in [5.41, 5.74) is 2.82. The molecule has 10 aromatic rings. The molecule has 4 fully saturated rings. The van der Waals surface area contributed by atoms with Crippen molar-refractivity contribution in [3.05, 3.63) is 225 Å². The Hall–Kier alpha value is -10.4. The summed E-state index contributed by atoms with van der Waals surface area (Å²) in [7, 11) is 0. The molecule has 0 radical (unpaired) electrons. The number of carbonyl (C=O) groups is 2. The van der Waals surface area contributed by atoms with E-state index in [2.05, 4.69) is 9.97 Å². The van der Waals surface area contributed by atoms with Crippen LogP contribution in [0.1, 0.15) is 117 Å². The Morgan fingerprint density at radius 1 is 0.511 bits per heavy atom. The minimum atomic E-state index is -1.07. The fourth-order valence-electron chi connectivity index (χ4n) is 12.8. The van der Waals surface area contributed by atoms with E-state index >= 15 is 17.6 Å². The van der Waals surface area contributed by atoms with Crippen LogP contribution in [-0.2, 0) is 48.6 Å². The maximum Gasteiger partial charge on any atom is 0.335 e. The Morgan fingerprint density at radius 2 is 0.926 bits per heavy atom. The molecule has 0 amide bonds. The van der Waals surface area contributed by atoms with Crippen molar-refractivity contribution < 1.29 is 65.1 Å². The summed E-state index contributed by atoms with van der Waals surface area (Å²) in [6.45, 7) is 1.83. The molecule has 476 valence electrons. The van der Waals surface area contributed by atoms with Crippen LogP contribution in [0.15, 0.2) is 133 Å². The maximum atomic E-state index is 15.7. The number of pyridine rings is 2. The molecule has 2 unspecified atom stereocenters. The molecule has 22 heteroatoms. The van der Waals surface area contributed by atoms with E-state index in [-0.39, 0.29) is 105 Å². The maximum absolute atomic E-state index is 15.7. The standard InChI is InChI=1S/2C36H29F3N4O4/c2*37-27-13-21(18-40)5-6-23(27)19-46-34-4-1-3-30(42-34)26-17-28(38)24(14-29(26)39)16-33-41-31-10-7-22(35(44)45)15-32(31)43(33)20-36(25-8-9-25)11-2-12-47-36/h2*1,3-7,10,13-15,17,25H,2,8-9,11-12,16,19-20H2,(H,44,45). The van der Waals surface area contributed by atoms with Crippen LogP contribution < -0.4 is 9.47 Å². The van der Waals surface area contributed by atoms with Crippen LogP contribution in [0.3, 0.4) is 0 Å². The Bertz CT molecular complexity index is 4420. The molecule has 4 aliphatic rings. The van der Waals surface area contributed by atoms with Crippen molar-refractivity contribution in [3.63, 3.8) is 0 Å². The monoisotopic (exact) mass is 1280 g/mol. The van der Waals surface area contributed by atoms with Crippen LogP contribution in [0.4, 0.5) is 26.3 Å². The minimum absolute atomic E-state index is 0.0341. The number of halogens is 6. The molecule has 0 bridgehead atoms. The number of benzene rings is 6. The van der Waals surface area contributed by atoms with Gasteiger partial charge in [-0.25, -0.2) is 55.9 Å². The number of nitriles is 2. The van der Waals surface area contributed by atoms with Gasteiger partial charge in [0.05, 0.1) is 92.1 Å². The van der Waals surface area contributed by atoms with Crippen molar-refractivity contribution in [2.45, 2.75) is 102 Å². The fourth-order valence-corrected chi connectivity index (χ4v) is 12.8. The van der Waals surface area contributed by atoms with Gasteiger partial charge in [0, 0.05) is 60.4 Å². The molecule has 2 atom stereocenters. The normalized spacial score (nSPS) is 17.6. The second kappa shape index (κ2) is 25.9. The van der Waals surface area contributed by atoms with Gasteiger partial charge in [0.25, 0.3) is 0 Å². The summed E-state index contributed by atoms with van der Waals surface area (Å²) in [6, 6.07) is 34.8. The zero-order valence-corrected chi connectivity index (χ0v) is 50.4. The second-order valence-electron chi connectivity index (χ2n) is 24.2. The molecule has 0 spiro atoms. The van der Waals surface area contributed by atoms with Gasteiger partial charge in [-0.1, -0.05) is 24.3 Å². The third kappa shape index (κ3) is 13.0. The summed E-state index contributed by atoms with van der Waals surface area (Å²) >= 11 is 0. The molecule has 2 aliphatic carbocycles. The van der Waals surface area contributed by atoms with E-state index in [0.717, 1.165) is 87.8 Å². The van der Waals surface area contributed by atoms with Crippen molar-refractivity contribution in [2.75, 3.05) is 13.2 Å². The molecule has 16 nitrogen and oxygen atoms in total. The van der Waals surface area contributed by atoms with Crippen LogP contribution >= 0.6 is 0 Å². The SMILES string of the molecule is N#Cc1ccc(COc2cccc(-c3cc(F)c(Cc4nc5ccc(C(=O)O)cc5n4CC4(C5CC5)CCCO4)cc3F)n2)c(F)c1.N#Cc1ccc(COc2cccc(-c3cc(F)c(Cc4nc5ccc(C(=O)O)cc5n4CC4(C5CC5)CCCO4)cc3F)n2)c(F)c1. The Morgan fingerprint density at radius 3 is 1.29 bits per heavy atom. The van der Waals surface area contributed by atoms with Crippen molar-refractivity contribution in [3.8, 4) is 46.4 Å². The van der Waals surface area contributed by atoms with Gasteiger partial charge in [-0.15, -0.1) is 0 Å². The lowest BCUT2D eigenvalue weighted by Crippen LogP contribution is -2.36. The van der Waals surface area contributed by atoms with Crippen LogP contribution in [0, 0.1) is 69.4 Å². The number of rotatable bonds is 20.